The molecule has 0 fully saturated rings. The number of carbonyl (C=O) groups is 4. The van der Waals surface area contributed by atoms with E-state index in [2.05, 4.69) is 16.0 Å². The summed E-state index contributed by atoms with van der Waals surface area (Å²) in [6.45, 7) is 1.93. The van der Waals surface area contributed by atoms with Gasteiger partial charge in [-0.15, -0.1) is 0 Å². The minimum absolute atomic E-state index is 0.116. The van der Waals surface area contributed by atoms with Gasteiger partial charge < -0.3 is 26.4 Å². The van der Waals surface area contributed by atoms with Gasteiger partial charge in [0.05, 0.1) is 7.11 Å². The van der Waals surface area contributed by atoms with E-state index in [1.807, 2.05) is 0 Å². The lowest BCUT2D eigenvalue weighted by Gasteiger charge is -2.17. The average molecular weight is 364 g/mol. The zero-order valence-corrected chi connectivity index (χ0v) is 14.8. The standard InChI is InChI=1S/C17H24N4O5/c1-11(22)19-10-4-3-5-14(16(24)26-2)21-17(25)20-13-8-6-12(7-9-13)15(18)23/h6-9,14H,3-5,10H2,1-2H3,(H2,18,23)(H,19,22)(H2,20,21,25). The molecule has 0 aliphatic rings. The maximum atomic E-state index is 12.1. The van der Waals surface area contributed by atoms with Gasteiger partial charge >= 0.3 is 12.0 Å². The number of nitrogens with two attached hydrogens (primary N) is 1. The number of unbranched alkanes of at least 4 members (excludes halogenated alkanes) is 1. The SMILES string of the molecule is COC(=O)C(CCCCNC(C)=O)NC(=O)Nc1ccc(C(N)=O)cc1. The summed E-state index contributed by atoms with van der Waals surface area (Å²) in [6.07, 6.45) is 1.67. The number of amides is 4. The number of urea groups is 1. The first-order valence-corrected chi connectivity index (χ1v) is 8.13. The second-order valence-corrected chi connectivity index (χ2v) is 5.59. The molecule has 5 N–H and O–H groups in total. The lowest BCUT2D eigenvalue weighted by molar-refractivity contribution is -0.143. The van der Waals surface area contributed by atoms with E-state index in [1.165, 1.54) is 38.3 Å². The van der Waals surface area contributed by atoms with Crippen molar-refractivity contribution in [3.05, 3.63) is 29.8 Å². The molecule has 0 aliphatic carbocycles. The van der Waals surface area contributed by atoms with Gasteiger partial charge in [-0.25, -0.2) is 9.59 Å². The normalized spacial score (nSPS) is 11.2. The first-order chi connectivity index (χ1) is 12.3. The molecule has 26 heavy (non-hydrogen) atoms. The average Bonchev–Trinajstić information content (AvgIpc) is 2.59. The van der Waals surface area contributed by atoms with E-state index in [9.17, 15) is 19.2 Å². The Balaban J connectivity index is 2.52. The highest BCUT2D eigenvalue weighted by Crippen LogP contribution is 2.09. The summed E-state index contributed by atoms with van der Waals surface area (Å²) in [5.41, 5.74) is 5.92. The first-order valence-electron chi connectivity index (χ1n) is 8.13. The minimum atomic E-state index is -0.803. The lowest BCUT2D eigenvalue weighted by Crippen LogP contribution is -2.43. The van der Waals surface area contributed by atoms with Gasteiger partial charge in [0, 0.05) is 24.7 Å². The summed E-state index contributed by atoms with van der Waals surface area (Å²) in [5.74, 6) is -1.23. The highest BCUT2D eigenvalue weighted by Gasteiger charge is 2.21. The van der Waals surface area contributed by atoms with Crippen LogP contribution in [-0.4, -0.2) is 43.5 Å². The van der Waals surface area contributed by atoms with E-state index in [-0.39, 0.29) is 5.91 Å². The second-order valence-electron chi connectivity index (χ2n) is 5.59. The van der Waals surface area contributed by atoms with Gasteiger partial charge in [0.25, 0.3) is 0 Å². The summed E-state index contributed by atoms with van der Waals surface area (Å²) in [7, 11) is 1.24. The number of rotatable bonds is 9. The number of ether oxygens (including phenoxy) is 1. The Kier molecular flexibility index (Phi) is 8.62. The van der Waals surface area contributed by atoms with Crippen LogP contribution in [0.3, 0.4) is 0 Å². The van der Waals surface area contributed by atoms with Crippen LogP contribution in [0.25, 0.3) is 0 Å². The minimum Gasteiger partial charge on any atom is -0.467 e. The van der Waals surface area contributed by atoms with Crippen LogP contribution < -0.4 is 21.7 Å². The van der Waals surface area contributed by atoms with Gasteiger partial charge in [-0.2, -0.15) is 0 Å². The monoisotopic (exact) mass is 364 g/mol. The number of anilines is 1. The summed E-state index contributed by atoms with van der Waals surface area (Å²) in [5, 5.41) is 7.78. The number of carbonyl (C=O) groups excluding carboxylic acids is 4. The van der Waals surface area contributed by atoms with E-state index in [1.54, 1.807) is 0 Å². The molecule has 0 spiro atoms. The maximum Gasteiger partial charge on any atom is 0.328 e. The third kappa shape index (κ3) is 7.65. The third-order valence-corrected chi connectivity index (χ3v) is 3.51. The van der Waals surface area contributed by atoms with Gasteiger partial charge in [-0.1, -0.05) is 0 Å². The van der Waals surface area contributed by atoms with Crippen molar-refractivity contribution in [2.45, 2.75) is 32.2 Å². The summed E-state index contributed by atoms with van der Waals surface area (Å²) >= 11 is 0. The molecule has 1 atom stereocenters. The van der Waals surface area contributed by atoms with Gasteiger partial charge in [0.1, 0.15) is 6.04 Å². The van der Waals surface area contributed by atoms with Gasteiger partial charge in [-0.05, 0) is 43.5 Å². The lowest BCUT2D eigenvalue weighted by atomic mass is 10.1. The quantitative estimate of drug-likeness (QED) is 0.378. The van der Waals surface area contributed by atoms with Crippen molar-refractivity contribution >= 4 is 29.5 Å². The number of hydrogen-bond acceptors (Lipinski definition) is 5. The van der Waals surface area contributed by atoms with Crippen molar-refractivity contribution in [1.29, 1.82) is 0 Å². The van der Waals surface area contributed by atoms with Crippen LogP contribution in [0.5, 0.6) is 0 Å². The number of hydrogen-bond donors (Lipinski definition) is 4. The van der Waals surface area contributed by atoms with Crippen LogP contribution in [0.1, 0.15) is 36.5 Å². The fraction of sp³-hybridized carbons (Fsp3) is 0.412. The molecule has 9 nitrogen and oxygen atoms in total. The number of esters is 1. The molecule has 4 amide bonds. The molecular weight excluding hydrogens is 340 g/mol. The third-order valence-electron chi connectivity index (χ3n) is 3.51. The van der Waals surface area contributed by atoms with Gasteiger partial charge in [-0.3, -0.25) is 9.59 Å². The number of nitrogens with one attached hydrogen (secondary N) is 3. The molecule has 0 saturated heterocycles. The van der Waals surface area contributed by atoms with Crippen molar-refractivity contribution in [2.75, 3.05) is 19.0 Å². The Morgan fingerprint density at radius 1 is 1.12 bits per heavy atom. The largest absolute Gasteiger partial charge is 0.467 e. The Bertz CT molecular complexity index is 645. The van der Waals surface area contributed by atoms with E-state index >= 15 is 0 Å². The van der Waals surface area contributed by atoms with Crippen LogP contribution in [0.4, 0.5) is 10.5 Å². The summed E-state index contributed by atoms with van der Waals surface area (Å²) in [4.78, 5) is 45.7. The van der Waals surface area contributed by atoms with Crippen molar-refractivity contribution in [3.63, 3.8) is 0 Å². The fourth-order valence-corrected chi connectivity index (χ4v) is 2.17. The molecule has 0 radical (unpaired) electrons. The molecular formula is C17H24N4O5. The molecule has 0 heterocycles. The summed E-state index contributed by atoms with van der Waals surface area (Å²) < 4.78 is 4.70. The number of primary amides is 1. The zero-order chi connectivity index (χ0) is 19.5. The molecule has 0 aromatic heterocycles. The Labute approximate surface area is 151 Å². The highest BCUT2D eigenvalue weighted by atomic mass is 16.5. The van der Waals surface area contributed by atoms with Crippen LogP contribution in [0, 0.1) is 0 Å². The molecule has 1 rings (SSSR count). The molecule has 0 bridgehead atoms. The molecule has 1 unspecified atom stereocenters. The smallest absolute Gasteiger partial charge is 0.328 e. The molecule has 142 valence electrons. The maximum absolute atomic E-state index is 12.1. The van der Waals surface area contributed by atoms with Crippen LogP contribution in [-0.2, 0) is 14.3 Å². The van der Waals surface area contributed by atoms with Crippen molar-refractivity contribution < 1.29 is 23.9 Å². The number of methoxy groups -OCH3 is 1. The Hall–Kier alpha value is -3.10. The summed E-state index contributed by atoms with van der Waals surface area (Å²) in [6, 6.07) is 4.65. The van der Waals surface area contributed by atoms with E-state index in [4.69, 9.17) is 10.5 Å². The van der Waals surface area contributed by atoms with Crippen LogP contribution >= 0.6 is 0 Å². The molecule has 1 aromatic carbocycles. The van der Waals surface area contributed by atoms with Crippen molar-refractivity contribution in [2.24, 2.45) is 5.73 Å². The predicted octanol–water partition coefficient (Wildman–Crippen LogP) is 0.755. The van der Waals surface area contributed by atoms with E-state index in [0.717, 1.165) is 0 Å². The molecule has 1 aromatic rings. The molecule has 9 heteroatoms. The van der Waals surface area contributed by atoms with Crippen LogP contribution in [0.15, 0.2) is 24.3 Å². The Morgan fingerprint density at radius 3 is 2.31 bits per heavy atom. The van der Waals surface area contributed by atoms with Gasteiger partial charge in [0.2, 0.25) is 11.8 Å². The van der Waals surface area contributed by atoms with E-state index < -0.39 is 23.9 Å². The zero-order valence-electron chi connectivity index (χ0n) is 14.8. The van der Waals surface area contributed by atoms with Crippen molar-refractivity contribution in [1.82, 2.24) is 10.6 Å². The van der Waals surface area contributed by atoms with Crippen molar-refractivity contribution in [3.8, 4) is 0 Å². The Morgan fingerprint density at radius 2 is 1.77 bits per heavy atom. The van der Waals surface area contributed by atoms with E-state index in [0.29, 0.717) is 37.1 Å². The highest BCUT2D eigenvalue weighted by molar-refractivity contribution is 5.95. The van der Waals surface area contributed by atoms with Crippen LogP contribution in [0.2, 0.25) is 0 Å². The second kappa shape index (κ2) is 10.7. The predicted molar refractivity (Wildman–Crippen MR) is 95.5 cm³/mol. The number of benzene rings is 1. The molecule has 0 aliphatic heterocycles. The van der Waals surface area contributed by atoms with Gasteiger partial charge in [0.15, 0.2) is 0 Å². The topological polar surface area (TPSA) is 140 Å². The molecule has 0 saturated carbocycles. The fourth-order valence-electron chi connectivity index (χ4n) is 2.17. The first kappa shape index (κ1) is 20.9.